The van der Waals surface area contributed by atoms with E-state index < -0.39 is 0 Å². The van der Waals surface area contributed by atoms with Gasteiger partial charge >= 0.3 is 0 Å². The van der Waals surface area contributed by atoms with E-state index in [9.17, 15) is 0 Å². The summed E-state index contributed by atoms with van der Waals surface area (Å²) in [6, 6.07) is 16.0. The molecule has 0 saturated heterocycles. The number of halogens is 1. The molecule has 0 unspecified atom stereocenters. The van der Waals surface area contributed by atoms with Crippen molar-refractivity contribution in [2.45, 2.75) is 6.54 Å². The first kappa shape index (κ1) is 13.8. The molecule has 0 spiro atoms. The van der Waals surface area contributed by atoms with Crippen LogP contribution in [0.1, 0.15) is 11.1 Å². The van der Waals surface area contributed by atoms with Crippen molar-refractivity contribution in [2.75, 3.05) is 6.61 Å². The number of ether oxygens (including phenoxy) is 1. The molecule has 98 valence electrons. The maximum Gasteiger partial charge on any atom is 0.138 e. The second kappa shape index (κ2) is 7.12. The van der Waals surface area contributed by atoms with E-state index in [1.165, 1.54) is 0 Å². The molecule has 2 nitrogen and oxygen atoms in total. The molecular weight excluding hydrogens is 302 g/mol. The maximum atomic E-state index is 5.77. The molecule has 0 aliphatic rings. The lowest BCUT2D eigenvalue weighted by Crippen LogP contribution is -2.03. The van der Waals surface area contributed by atoms with Gasteiger partial charge in [-0.3, -0.25) is 0 Å². The third kappa shape index (κ3) is 3.94. The van der Waals surface area contributed by atoms with Gasteiger partial charge in [0, 0.05) is 12.1 Å². The molecule has 3 heteroatoms. The zero-order valence-corrected chi connectivity index (χ0v) is 12.1. The number of para-hydroxylation sites is 1. The SMILES string of the molecule is NCc1cccc(Br)c1OCC=Cc1ccccc1. The van der Waals surface area contributed by atoms with Gasteiger partial charge in [0.25, 0.3) is 0 Å². The van der Waals surface area contributed by atoms with E-state index in [0.717, 1.165) is 21.3 Å². The highest BCUT2D eigenvalue weighted by molar-refractivity contribution is 9.10. The Labute approximate surface area is 122 Å². The highest BCUT2D eigenvalue weighted by atomic mass is 79.9. The monoisotopic (exact) mass is 317 g/mol. The van der Waals surface area contributed by atoms with Crippen molar-refractivity contribution in [3.05, 3.63) is 70.2 Å². The van der Waals surface area contributed by atoms with Gasteiger partial charge in [0.2, 0.25) is 0 Å². The molecular formula is C16H16BrNO. The van der Waals surface area contributed by atoms with Crippen molar-refractivity contribution in [2.24, 2.45) is 5.73 Å². The van der Waals surface area contributed by atoms with Crippen LogP contribution in [0.5, 0.6) is 5.75 Å². The number of hydrogen-bond acceptors (Lipinski definition) is 2. The first-order valence-corrected chi connectivity index (χ1v) is 6.92. The standard InChI is InChI=1S/C16H16BrNO/c17-15-10-4-9-14(12-18)16(15)19-11-5-8-13-6-2-1-3-7-13/h1-10H,11-12,18H2. The Hall–Kier alpha value is -1.58. The fourth-order valence-electron chi connectivity index (χ4n) is 1.76. The van der Waals surface area contributed by atoms with E-state index in [1.807, 2.05) is 48.6 Å². The Morgan fingerprint density at radius 3 is 2.58 bits per heavy atom. The van der Waals surface area contributed by atoms with E-state index in [-0.39, 0.29) is 0 Å². The van der Waals surface area contributed by atoms with Crippen LogP contribution in [-0.2, 0) is 6.54 Å². The zero-order valence-electron chi connectivity index (χ0n) is 10.6. The summed E-state index contributed by atoms with van der Waals surface area (Å²) in [5.41, 5.74) is 7.86. The summed E-state index contributed by atoms with van der Waals surface area (Å²) < 4.78 is 6.70. The number of nitrogens with two attached hydrogens (primary N) is 1. The summed E-state index contributed by atoms with van der Waals surface area (Å²) in [5.74, 6) is 0.822. The molecule has 0 heterocycles. The molecule has 0 amide bonds. The van der Waals surface area contributed by atoms with Gasteiger partial charge in [0.05, 0.1) is 4.47 Å². The van der Waals surface area contributed by atoms with Gasteiger partial charge in [-0.15, -0.1) is 0 Å². The Bertz CT molecular complexity index is 552. The molecule has 2 rings (SSSR count). The van der Waals surface area contributed by atoms with E-state index in [2.05, 4.69) is 28.1 Å². The molecule has 2 aromatic rings. The largest absolute Gasteiger partial charge is 0.488 e. The Morgan fingerprint density at radius 1 is 1.05 bits per heavy atom. The van der Waals surface area contributed by atoms with Gasteiger partial charge in [0.1, 0.15) is 12.4 Å². The molecule has 0 saturated carbocycles. The van der Waals surface area contributed by atoms with Crippen LogP contribution in [0, 0.1) is 0 Å². The number of hydrogen-bond donors (Lipinski definition) is 1. The van der Waals surface area contributed by atoms with Gasteiger partial charge < -0.3 is 10.5 Å². The minimum absolute atomic E-state index is 0.469. The highest BCUT2D eigenvalue weighted by Gasteiger charge is 2.05. The van der Waals surface area contributed by atoms with Crippen molar-refractivity contribution in [3.63, 3.8) is 0 Å². The van der Waals surface area contributed by atoms with Crippen LogP contribution < -0.4 is 10.5 Å². The normalized spacial score (nSPS) is 10.8. The van der Waals surface area contributed by atoms with Gasteiger partial charge in [0.15, 0.2) is 0 Å². The third-order valence-corrected chi connectivity index (χ3v) is 3.33. The minimum atomic E-state index is 0.469. The molecule has 2 N–H and O–H groups in total. The predicted octanol–water partition coefficient (Wildman–Crippen LogP) is 4.00. The molecule has 0 aromatic heterocycles. The van der Waals surface area contributed by atoms with E-state index in [0.29, 0.717) is 13.2 Å². The van der Waals surface area contributed by atoms with Gasteiger partial charge in [-0.1, -0.05) is 48.5 Å². The van der Waals surface area contributed by atoms with Crippen LogP contribution in [-0.4, -0.2) is 6.61 Å². The van der Waals surface area contributed by atoms with Crippen LogP contribution in [0.15, 0.2) is 59.1 Å². The Balaban J connectivity index is 1.98. The minimum Gasteiger partial charge on any atom is -0.488 e. The number of rotatable bonds is 5. The summed E-state index contributed by atoms with van der Waals surface area (Å²) >= 11 is 3.48. The lowest BCUT2D eigenvalue weighted by atomic mass is 10.2. The highest BCUT2D eigenvalue weighted by Crippen LogP contribution is 2.28. The van der Waals surface area contributed by atoms with Gasteiger partial charge in [-0.2, -0.15) is 0 Å². The van der Waals surface area contributed by atoms with E-state index in [4.69, 9.17) is 10.5 Å². The average molecular weight is 318 g/mol. The predicted molar refractivity (Wildman–Crippen MR) is 83.0 cm³/mol. The quantitative estimate of drug-likeness (QED) is 0.904. The van der Waals surface area contributed by atoms with Gasteiger partial charge in [-0.25, -0.2) is 0 Å². The van der Waals surface area contributed by atoms with Crippen LogP contribution in [0.4, 0.5) is 0 Å². The third-order valence-electron chi connectivity index (χ3n) is 2.70. The number of benzene rings is 2. The van der Waals surface area contributed by atoms with E-state index in [1.54, 1.807) is 0 Å². The lowest BCUT2D eigenvalue weighted by molar-refractivity contribution is 0.357. The first-order chi connectivity index (χ1) is 9.31. The maximum absolute atomic E-state index is 5.77. The van der Waals surface area contributed by atoms with Crippen molar-refractivity contribution in [3.8, 4) is 5.75 Å². The summed E-state index contributed by atoms with van der Waals surface area (Å²) in [6.45, 7) is 0.988. The van der Waals surface area contributed by atoms with Crippen molar-refractivity contribution >= 4 is 22.0 Å². The average Bonchev–Trinajstić information content (AvgIpc) is 2.46. The summed E-state index contributed by atoms with van der Waals surface area (Å²) in [5, 5.41) is 0. The Morgan fingerprint density at radius 2 is 1.84 bits per heavy atom. The molecule has 0 aliphatic carbocycles. The van der Waals surface area contributed by atoms with Crippen LogP contribution in [0.2, 0.25) is 0 Å². The van der Waals surface area contributed by atoms with Crippen molar-refractivity contribution in [1.82, 2.24) is 0 Å². The second-order valence-corrected chi connectivity index (χ2v) is 4.91. The molecule has 19 heavy (non-hydrogen) atoms. The topological polar surface area (TPSA) is 35.2 Å². The summed E-state index contributed by atoms with van der Waals surface area (Å²) in [7, 11) is 0. The Kier molecular flexibility index (Phi) is 5.19. The lowest BCUT2D eigenvalue weighted by Gasteiger charge is -2.10. The van der Waals surface area contributed by atoms with Crippen LogP contribution in [0.25, 0.3) is 6.08 Å². The van der Waals surface area contributed by atoms with Crippen molar-refractivity contribution < 1.29 is 4.74 Å². The zero-order chi connectivity index (χ0) is 13.5. The molecule has 0 fully saturated rings. The van der Waals surface area contributed by atoms with E-state index >= 15 is 0 Å². The smallest absolute Gasteiger partial charge is 0.138 e. The first-order valence-electron chi connectivity index (χ1n) is 6.13. The van der Waals surface area contributed by atoms with Crippen molar-refractivity contribution in [1.29, 1.82) is 0 Å². The molecule has 0 radical (unpaired) electrons. The summed E-state index contributed by atoms with van der Waals surface area (Å²) in [4.78, 5) is 0. The molecule has 0 bridgehead atoms. The fraction of sp³-hybridized carbons (Fsp3) is 0.125. The second-order valence-electron chi connectivity index (χ2n) is 4.06. The van der Waals surface area contributed by atoms with Crippen LogP contribution in [0.3, 0.4) is 0 Å². The van der Waals surface area contributed by atoms with Crippen LogP contribution >= 0.6 is 15.9 Å². The molecule has 2 aromatic carbocycles. The molecule has 0 atom stereocenters. The molecule has 0 aliphatic heterocycles. The van der Waals surface area contributed by atoms with Gasteiger partial charge in [-0.05, 0) is 33.6 Å². The fourth-order valence-corrected chi connectivity index (χ4v) is 2.28. The summed E-state index contributed by atoms with van der Waals surface area (Å²) in [6.07, 6.45) is 4.04.